The van der Waals surface area contributed by atoms with Crippen molar-refractivity contribution in [2.45, 2.75) is 68.3 Å². The predicted octanol–water partition coefficient (Wildman–Crippen LogP) is 5.60. The lowest BCUT2D eigenvalue weighted by atomic mass is 9.76. The zero-order valence-electron chi connectivity index (χ0n) is 31.9. The number of likely N-dealkylation sites (N-methyl/N-ethyl adjacent to an activating group) is 2. The van der Waals surface area contributed by atoms with E-state index >= 15 is 0 Å². The molecule has 11 nitrogen and oxygen atoms in total. The first-order chi connectivity index (χ1) is 26.8. The van der Waals surface area contributed by atoms with Gasteiger partial charge in [-0.1, -0.05) is 12.8 Å². The van der Waals surface area contributed by atoms with Gasteiger partial charge in [0.2, 0.25) is 0 Å². The van der Waals surface area contributed by atoms with Gasteiger partial charge in [0.05, 0.1) is 25.4 Å². The summed E-state index contributed by atoms with van der Waals surface area (Å²) < 4.78 is 24.8. The highest BCUT2D eigenvalue weighted by Gasteiger charge is 2.55. The number of likely N-dealkylation sites (tertiary alicyclic amines) is 1. The molecule has 55 heavy (non-hydrogen) atoms. The molecule has 0 aromatic heterocycles. The van der Waals surface area contributed by atoms with Gasteiger partial charge in [0.25, 0.3) is 5.91 Å². The third-order valence-corrected chi connectivity index (χ3v) is 12.7. The number of anilines is 2. The summed E-state index contributed by atoms with van der Waals surface area (Å²) in [4.78, 5) is 37.2. The van der Waals surface area contributed by atoms with E-state index in [1.54, 1.807) is 12.1 Å². The summed E-state index contributed by atoms with van der Waals surface area (Å²) in [5.41, 5.74) is 4.04. The van der Waals surface area contributed by atoms with Crippen molar-refractivity contribution < 1.29 is 28.5 Å². The van der Waals surface area contributed by atoms with Gasteiger partial charge in [-0.25, -0.2) is 4.79 Å². The predicted molar refractivity (Wildman–Crippen MR) is 212 cm³/mol. The van der Waals surface area contributed by atoms with Crippen LogP contribution in [0.2, 0.25) is 0 Å². The Balaban J connectivity index is 0.964. The van der Waals surface area contributed by atoms with Crippen LogP contribution >= 0.6 is 11.6 Å². The summed E-state index contributed by atoms with van der Waals surface area (Å²) in [6, 6.07) is 19.8. The minimum absolute atomic E-state index is 0.240. The molecule has 7 aliphatic heterocycles. The second kappa shape index (κ2) is 15.2. The standard InChI is InChI=1S/C43H52ClN5O6/c1-46-24-31-20-32(25-46)48(31)29-8-11-36-39(22-29)54-40-23-30(49-33-21-34(49)27-47(2)26-33)9-12-37(40)43(36)38-19-28(7-10-35(38)42(51)55-43)41(50)45-14-16-53-18-17-52-15-6-4-3-5-13-44/h7-12,19,22-23,31-34H,3-6,13-18,20-21,24-27H2,1-2H3,(H,45,50). The SMILES string of the molecule is CN1CC2CC(C1)N2c1ccc2c(c1)Oc1cc(N3C4CC3CN(C)C4)ccc1C21OC(=O)c2ccc(C(=O)NCCOCCOCCCCCCCl)cc21. The molecule has 5 fully saturated rings. The smallest absolute Gasteiger partial charge is 0.340 e. The van der Waals surface area contributed by atoms with E-state index < -0.39 is 11.6 Å². The molecule has 4 bridgehead atoms. The van der Waals surface area contributed by atoms with Crippen LogP contribution in [-0.4, -0.2) is 125 Å². The number of benzene rings is 3. The van der Waals surface area contributed by atoms with E-state index in [0.29, 0.717) is 91.2 Å². The lowest BCUT2D eigenvalue weighted by Crippen LogP contribution is -2.68. The fraction of sp³-hybridized carbons (Fsp3) is 0.535. The van der Waals surface area contributed by atoms with E-state index in [2.05, 4.69) is 75.4 Å². The highest BCUT2D eigenvalue weighted by molar-refractivity contribution is 6.17. The summed E-state index contributed by atoms with van der Waals surface area (Å²) in [5.74, 6) is 1.40. The molecular formula is C43H52ClN5O6. The first-order valence-electron chi connectivity index (χ1n) is 20.1. The molecule has 4 unspecified atom stereocenters. The van der Waals surface area contributed by atoms with Gasteiger partial charge in [-0.2, -0.15) is 0 Å². The maximum atomic E-state index is 13.8. The third-order valence-electron chi connectivity index (χ3n) is 12.5. The normalized spacial score (nSPS) is 26.1. The van der Waals surface area contributed by atoms with Crippen molar-refractivity contribution in [3.05, 3.63) is 82.4 Å². The van der Waals surface area contributed by atoms with Gasteiger partial charge < -0.3 is 43.9 Å². The molecule has 0 aliphatic carbocycles. The molecule has 1 spiro atoms. The Morgan fingerprint density at radius 2 is 1.33 bits per heavy atom. The van der Waals surface area contributed by atoms with E-state index in [0.717, 1.165) is 74.4 Å². The molecule has 7 heterocycles. The van der Waals surface area contributed by atoms with Crippen molar-refractivity contribution >= 4 is 34.9 Å². The number of fused-ring (bicyclic) bond motifs is 10. The molecule has 5 saturated heterocycles. The van der Waals surface area contributed by atoms with Gasteiger partial charge in [0.15, 0.2) is 5.60 Å². The van der Waals surface area contributed by atoms with Gasteiger partial charge in [-0.3, -0.25) is 4.79 Å². The monoisotopic (exact) mass is 769 g/mol. The Morgan fingerprint density at radius 3 is 1.93 bits per heavy atom. The number of nitrogens with zero attached hydrogens (tertiary/aromatic N) is 4. The van der Waals surface area contributed by atoms with E-state index in [1.165, 1.54) is 12.8 Å². The van der Waals surface area contributed by atoms with Crippen molar-refractivity contribution in [1.82, 2.24) is 15.1 Å². The lowest BCUT2D eigenvalue weighted by Gasteiger charge is -2.57. The molecule has 3 aromatic rings. The van der Waals surface area contributed by atoms with E-state index in [-0.39, 0.29) is 5.91 Å². The minimum Gasteiger partial charge on any atom is -0.456 e. The largest absolute Gasteiger partial charge is 0.456 e. The molecule has 1 amide bonds. The summed E-state index contributed by atoms with van der Waals surface area (Å²) in [6.45, 7) is 6.55. The molecule has 3 aromatic carbocycles. The second-order valence-electron chi connectivity index (χ2n) is 16.2. The van der Waals surface area contributed by atoms with Crippen LogP contribution in [0.15, 0.2) is 54.6 Å². The second-order valence-corrected chi connectivity index (χ2v) is 16.6. The number of alkyl halides is 1. The number of amides is 1. The number of piperidine rings is 2. The summed E-state index contributed by atoms with van der Waals surface area (Å²) in [5, 5.41) is 2.99. The summed E-state index contributed by atoms with van der Waals surface area (Å²) in [7, 11) is 4.38. The first-order valence-corrected chi connectivity index (χ1v) is 20.7. The van der Waals surface area contributed by atoms with Crippen molar-refractivity contribution in [2.24, 2.45) is 0 Å². The molecule has 7 aliphatic rings. The van der Waals surface area contributed by atoms with Crippen LogP contribution < -0.4 is 19.9 Å². The van der Waals surface area contributed by atoms with Gasteiger partial charge in [-0.05, 0) is 82.2 Å². The zero-order valence-corrected chi connectivity index (χ0v) is 32.7. The molecule has 4 atom stereocenters. The van der Waals surface area contributed by atoms with Crippen molar-refractivity contribution in [1.29, 1.82) is 0 Å². The number of hydrogen-bond donors (Lipinski definition) is 1. The number of carbonyl (C=O) groups is 2. The minimum atomic E-state index is -1.27. The molecular weight excluding hydrogens is 718 g/mol. The van der Waals surface area contributed by atoms with Crippen LogP contribution in [-0.2, 0) is 19.8 Å². The van der Waals surface area contributed by atoms with Crippen molar-refractivity contribution in [3.8, 4) is 11.5 Å². The summed E-state index contributed by atoms with van der Waals surface area (Å²) in [6.07, 6.45) is 6.70. The molecule has 0 radical (unpaired) electrons. The van der Waals surface area contributed by atoms with Crippen LogP contribution in [0, 0.1) is 0 Å². The first kappa shape index (κ1) is 36.7. The molecule has 12 heteroatoms. The number of esters is 1. The molecule has 292 valence electrons. The average molecular weight is 770 g/mol. The lowest BCUT2D eigenvalue weighted by molar-refractivity contribution is 0.0224. The Hall–Kier alpha value is -3.87. The van der Waals surface area contributed by atoms with Gasteiger partial charge in [0.1, 0.15) is 11.5 Å². The number of hydrogen-bond acceptors (Lipinski definition) is 10. The van der Waals surface area contributed by atoms with Crippen LogP contribution in [0.4, 0.5) is 11.4 Å². The van der Waals surface area contributed by atoms with Crippen LogP contribution in [0.1, 0.15) is 75.9 Å². The van der Waals surface area contributed by atoms with E-state index in [1.807, 2.05) is 6.07 Å². The maximum absolute atomic E-state index is 13.8. The Morgan fingerprint density at radius 1 is 0.745 bits per heavy atom. The number of rotatable bonds is 15. The molecule has 0 saturated carbocycles. The quantitative estimate of drug-likeness (QED) is 0.120. The van der Waals surface area contributed by atoms with Crippen molar-refractivity contribution in [3.63, 3.8) is 0 Å². The highest BCUT2D eigenvalue weighted by atomic mass is 35.5. The zero-order chi connectivity index (χ0) is 37.7. The van der Waals surface area contributed by atoms with Gasteiger partial charge in [0, 0.05) is 115 Å². The summed E-state index contributed by atoms with van der Waals surface area (Å²) >= 11 is 5.74. The topological polar surface area (TPSA) is 96.1 Å². The molecule has 10 rings (SSSR count). The number of nitrogens with one attached hydrogen (secondary N) is 1. The van der Waals surface area contributed by atoms with E-state index in [4.69, 9.17) is 30.5 Å². The number of carbonyl (C=O) groups excluding carboxylic acids is 2. The number of unbranched alkanes of at least 4 members (excludes halogenated alkanes) is 3. The van der Waals surface area contributed by atoms with E-state index in [9.17, 15) is 9.59 Å². The van der Waals surface area contributed by atoms with Crippen molar-refractivity contribution in [2.75, 3.05) is 88.9 Å². The fourth-order valence-electron chi connectivity index (χ4n) is 9.96. The Bertz CT molecular complexity index is 1840. The Kier molecular flexibility index (Phi) is 10.2. The Labute approximate surface area is 328 Å². The highest BCUT2D eigenvalue weighted by Crippen LogP contribution is 2.58. The number of halogens is 1. The number of ether oxygens (including phenoxy) is 4. The molecule has 1 N–H and O–H groups in total. The third kappa shape index (κ3) is 6.65. The van der Waals surface area contributed by atoms with Gasteiger partial charge in [-0.15, -0.1) is 11.6 Å². The number of piperazine rings is 2. The van der Waals surface area contributed by atoms with Crippen LogP contribution in [0.25, 0.3) is 0 Å². The van der Waals surface area contributed by atoms with Crippen LogP contribution in [0.3, 0.4) is 0 Å². The fourth-order valence-corrected chi connectivity index (χ4v) is 10.1. The van der Waals surface area contributed by atoms with Gasteiger partial charge >= 0.3 is 5.97 Å². The van der Waals surface area contributed by atoms with Crippen LogP contribution in [0.5, 0.6) is 11.5 Å². The maximum Gasteiger partial charge on any atom is 0.340 e. The average Bonchev–Trinajstić information content (AvgIpc) is 3.46.